The largest absolute Gasteiger partial charge is 0.367 e. The lowest BCUT2D eigenvalue weighted by molar-refractivity contribution is 0.102. The van der Waals surface area contributed by atoms with Crippen molar-refractivity contribution in [1.82, 2.24) is 9.88 Å². The predicted molar refractivity (Wildman–Crippen MR) is 133 cm³/mol. The van der Waals surface area contributed by atoms with Gasteiger partial charge in [-0.3, -0.25) is 4.79 Å². The fourth-order valence-corrected chi connectivity index (χ4v) is 4.35. The second kappa shape index (κ2) is 8.52. The van der Waals surface area contributed by atoms with Crippen LogP contribution in [0.4, 0.5) is 11.4 Å². The van der Waals surface area contributed by atoms with Crippen molar-refractivity contribution in [3.8, 4) is 11.1 Å². The number of benzene rings is 3. The van der Waals surface area contributed by atoms with Crippen LogP contribution in [0.3, 0.4) is 0 Å². The van der Waals surface area contributed by atoms with Gasteiger partial charge in [-0.25, -0.2) is 0 Å². The maximum Gasteiger partial charge on any atom is 0.255 e. The van der Waals surface area contributed by atoms with Crippen LogP contribution in [0.1, 0.15) is 15.9 Å². The smallest absolute Gasteiger partial charge is 0.255 e. The predicted octanol–water partition coefficient (Wildman–Crippen LogP) is 5.15. The van der Waals surface area contributed by atoms with E-state index in [-0.39, 0.29) is 5.91 Å². The summed E-state index contributed by atoms with van der Waals surface area (Å²) in [6.45, 7) is 5.91. The summed E-state index contributed by atoms with van der Waals surface area (Å²) in [6.07, 6.45) is 1.96. The number of rotatable bonds is 4. The molecule has 1 fully saturated rings. The Morgan fingerprint density at radius 2 is 1.69 bits per heavy atom. The molecular formula is C27H28N4O. The van der Waals surface area contributed by atoms with E-state index in [0.29, 0.717) is 5.56 Å². The molecule has 5 nitrogen and oxygen atoms in total. The molecular weight excluding hydrogens is 396 g/mol. The van der Waals surface area contributed by atoms with Gasteiger partial charge in [-0.2, -0.15) is 0 Å². The number of anilines is 2. The molecule has 5 heteroatoms. The zero-order valence-corrected chi connectivity index (χ0v) is 18.6. The van der Waals surface area contributed by atoms with Crippen LogP contribution in [-0.2, 0) is 0 Å². The number of carbonyl (C=O) groups is 1. The Morgan fingerprint density at radius 1 is 0.906 bits per heavy atom. The summed E-state index contributed by atoms with van der Waals surface area (Å²) in [6, 6.07) is 22.6. The van der Waals surface area contributed by atoms with Crippen LogP contribution in [0.15, 0.2) is 72.9 Å². The summed E-state index contributed by atoms with van der Waals surface area (Å²) in [4.78, 5) is 21.0. The molecule has 4 aromatic rings. The normalized spacial score (nSPS) is 14.6. The molecule has 1 aliphatic heterocycles. The molecule has 2 N–H and O–H groups in total. The number of aromatic amines is 1. The molecule has 0 spiro atoms. The van der Waals surface area contributed by atoms with E-state index in [9.17, 15) is 4.79 Å². The summed E-state index contributed by atoms with van der Waals surface area (Å²) < 4.78 is 0. The second-order valence-electron chi connectivity index (χ2n) is 8.63. The maximum absolute atomic E-state index is 13.1. The first-order chi connectivity index (χ1) is 15.6. The van der Waals surface area contributed by atoms with E-state index in [2.05, 4.69) is 69.6 Å². The van der Waals surface area contributed by atoms with E-state index in [1.54, 1.807) is 0 Å². The van der Waals surface area contributed by atoms with E-state index in [1.165, 1.54) is 5.39 Å². The van der Waals surface area contributed by atoms with Gasteiger partial charge in [0.25, 0.3) is 5.91 Å². The molecule has 162 valence electrons. The number of carbonyl (C=O) groups excluding carboxylic acids is 1. The Bertz CT molecular complexity index is 1270. The Morgan fingerprint density at radius 3 is 2.50 bits per heavy atom. The third-order valence-electron chi connectivity index (χ3n) is 6.26. The number of nitrogens with zero attached hydrogens (tertiary/aromatic N) is 2. The van der Waals surface area contributed by atoms with Crippen LogP contribution in [0.2, 0.25) is 0 Å². The number of H-pyrrole nitrogens is 1. The number of hydrogen-bond donors (Lipinski definition) is 2. The van der Waals surface area contributed by atoms with E-state index in [1.807, 2.05) is 37.4 Å². The third-order valence-corrected chi connectivity index (χ3v) is 6.26. The van der Waals surface area contributed by atoms with Crippen LogP contribution in [-0.4, -0.2) is 49.0 Å². The minimum absolute atomic E-state index is 0.0812. The molecule has 1 saturated heterocycles. The topological polar surface area (TPSA) is 51.4 Å². The van der Waals surface area contributed by atoms with Gasteiger partial charge in [0.2, 0.25) is 0 Å². The van der Waals surface area contributed by atoms with E-state index >= 15 is 0 Å². The first-order valence-corrected chi connectivity index (χ1v) is 11.1. The van der Waals surface area contributed by atoms with Crippen LogP contribution >= 0.6 is 0 Å². The van der Waals surface area contributed by atoms with Gasteiger partial charge in [-0.05, 0) is 72.9 Å². The first-order valence-electron chi connectivity index (χ1n) is 11.1. The van der Waals surface area contributed by atoms with Gasteiger partial charge in [-0.1, -0.05) is 29.8 Å². The first kappa shape index (κ1) is 20.3. The Balaban J connectivity index is 1.52. The van der Waals surface area contributed by atoms with Crippen molar-refractivity contribution in [2.24, 2.45) is 0 Å². The number of amides is 1. The zero-order valence-electron chi connectivity index (χ0n) is 18.6. The molecule has 2 heterocycles. The summed E-state index contributed by atoms with van der Waals surface area (Å²) in [5, 5.41) is 4.38. The number of fused-ring (bicyclic) bond motifs is 1. The third kappa shape index (κ3) is 4.12. The van der Waals surface area contributed by atoms with Crippen LogP contribution in [0.25, 0.3) is 22.0 Å². The highest BCUT2D eigenvalue weighted by Crippen LogP contribution is 2.33. The lowest BCUT2D eigenvalue weighted by atomic mass is 10.0. The van der Waals surface area contributed by atoms with Crippen LogP contribution in [0.5, 0.6) is 0 Å². The number of nitrogens with one attached hydrogen (secondary N) is 2. The van der Waals surface area contributed by atoms with E-state index in [4.69, 9.17) is 0 Å². The van der Waals surface area contributed by atoms with E-state index < -0.39 is 0 Å². The van der Waals surface area contributed by atoms with Gasteiger partial charge in [0.15, 0.2) is 0 Å². The molecule has 1 aromatic heterocycles. The molecule has 0 saturated carbocycles. The molecule has 0 radical (unpaired) electrons. The van der Waals surface area contributed by atoms with Crippen molar-refractivity contribution < 1.29 is 4.79 Å². The van der Waals surface area contributed by atoms with Crippen molar-refractivity contribution in [3.63, 3.8) is 0 Å². The standard InChI is InChI=1S/C27H28N4O/c1-19-4-3-5-23(16-19)27(32)29-25-18-21(20-6-8-24-22(17-20)10-11-28-24)7-9-26(25)31-14-12-30(2)13-15-31/h3-11,16-18,28H,12-15H2,1-2H3,(H,29,32). The highest BCUT2D eigenvalue weighted by atomic mass is 16.1. The summed E-state index contributed by atoms with van der Waals surface area (Å²) in [5.74, 6) is -0.0812. The quantitative estimate of drug-likeness (QED) is 0.477. The van der Waals surface area contributed by atoms with Gasteiger partial charge in [0, 0.05) is 43.5 Å². The molecule has 5 rings (SSSR count). The van der Waals surface area contributed by atoms with Crippen LogP contribution < -0.4 is 10.2 Å². The molecule has 1 aliphatic rings. The number of aromatic nitrogens is 1. The molecule has 3 aromatic carbocycles. The lowest BCUT2D eigenvalue weighted by Gasteiger charge is -2.35. The summed E-state index contributed by atoms with van der Waals surface area (Å²) >= 11 is 0. The average Bonchev–Trinajstić information content (AvgIpc) is 3.28. The van der Waals surface area contributed by atoms with Crippen molar-refractivity contribution in [1.29, 1.82) is 0 Å². The number of aryl methyl sites for hydroxylation is 1. The average molecular weight is 425 g/mol. The van der Waals surface area contributed by atoms with Gasteiger partial charge in [0.1, 0.15) is 0 Å². The van der Waals surface area contributed by atoms with Crippen LogP contribution in [0, 0.1) is 6.92 Å². The van der Waals surface area contributed by atoms with Crippen molar-refractivity contribution in [3.05, 3.63) is 84.1 Å². The number of piperazine rings is 1. The fraction of sp³-hybridized carbons (Fsp3) is 0.222. The van der Waals surface area contributed by atoms with Gasteiger partial charge < -0.3 is 20.1 Å². The highest BCUT2D eigenvalue weighted by Gasteiger charge is 2.19. The maximum atomic E-state index is 13.1. The van der Waals surface area contributed by atoms with Gasteiger partial charge >= 0.3 is 0 Å². The fourth-order valence-electron chi connectivity index (χ4n) is 4.35. The molecule has 0 atom stereocenters. The van der Waals surface area contributed by atoms with Crippen molar-refractivity contribution >= 4 is 28.2 Å². The summed E-state index contributed by atoms with van der Waals surface area (Å²) in [7, 11) is 2.15. The van der Waals surface area contributed by atoms with Gasteiger partial charge in [0.05, 0.1) is 11.4 Å². The molecule has 32 heavy (non-hydrogen) atoms. The minimum Gasteiger partial charge on any atom is -0.367 e. The molecule has 0 bridgehead atoms. The molecule has 1 amide bonds. The van der Waals surface area contributed by atoms with Crippen molar-refractivity contribution in [2.45, 2.75) is 6.92 Å². The lowest BCUT2D eigenvalue weighted by Crippen LogP contribution is -2.44. The number of likely N-dealkylation sites (N-methyl/N-ethyl adjacent to an activating group) is 1. The second-order valence-corrected chi connectivity index (χ2v) is 8.63. The Hall–Kier alpha value is -3.57. The Labute approximate surface area is 188 Å². The van der Waals surface area contributed by atoms with Gasteiger partial charge in [-0.15, -0.1) is 0 Å². The highest BCUT2D eigenvalue weighted by molar-refractivity contribution is 6.06. The zero-order chi connectivity index (χ0) is 22.1. The number of hydrogen-bond acceptors (Lipinski definition) is 3. The monoisotopic (exact) mass is 424 g/mol. The molecule has 0 unspecified atom stereocenters. The SMILES string of the molecule is Cc1cccc(C(=O)Nc2cc(-c3ccc4[nH]ccc4c3)ccc2N2CCN(C)CC2)c1. The molecule has 0 aliphatic carbocycles. The minimum atomic E-state index is -0.0812. The van der Waals surface area contributed by atoms with Crippen molar-refractivity contribution in [2.75, 3.05) is 43.4 Å². The summed E-state index contributed by atoms with van der Waals surface area (Å²) in [5.41, 5.74) is 7.02. The Kier molecular flexibility index (Phi) is 5.41. The van der Waals surface area contributed by atoms with E-state index in [0.717, 1.165) is 59.8 Å².